The Morgan fingerprint density at radius 3 is 2.88 bits per heavy atom. The van der Waals surface area contributed by atoms with Gasteiger partial charge in [0, 0.05) is 24.5 Å². The van der Waals surface area contributed by atoms with Crippen LogP contribution in [0.1, 0.15) is 37.8 Å². The number of nitriles is 1. The second-order valence-corrected chi connectivity index (χ2v) is 4.44. The van der Waals surface area contributed by atoms with Crippen molar-refractivity contribution in [2.75, 3.05) is 0 Å². The highest BCUT2D eigenvalue weighted by Crippen LogP contribution is 2.27. The van der Waals surface area contributed by atoms with Crippen molar-refractivity contribution in [2.45, 2.75) is 38.3 Å². The minimum absolute atomic E-state index is 0.185. The minimum atomic E-state index is 0.185. The molecule has 3 unspecified atom stereocenters. The Labute approximate surface area is 96.5 Å². The van der Waals surface area contributed by atoms with Crippen LogP contribution >= 0.6 is 0 Å². The lowest BCUT2D eigenvalue weighted by Crippen LogP contribution is -2.33. The van der Waals surface area contributed by atoms with E-state index in [0.29, 0.717) is 12.1 Å². The van der Waals surface area contributed by atoms with Crippen LogP contribution in [0.5, 0.6) is 0 Å². The van der Waals surface area contributed by atoms with Crippen molar-refractivity contribution in [1.29, 1.82) is 5.26 Å². The van der Waals surface area contributed by atoms with Gasteiger partial charge in [-0.25, -0.2) is 0 Å². The fourth-order valence-electron chi connectivity index (χ4n) is 2.38. The third-order valence-electron chi connectivity index (χ3n) is 3.35. The summed E-state index contributed by atoms with van der Waals surface area (Å²) in [5.41, 5.74) is 1.23. The quantitative estimate of drug-likeness (QED) is 0.842. The van der Waals surface area contributed by atoms with Crippen LogP contribution < -0.4 is 5.32 Å². The van der Waals surface area contributed by atoms with E-state index in [1.807, 2.05) is 24.5 Å². The average molecular weight is 215 g/mol. The number of aromatic nitrogens is 1. The van der Waals surface area contributed by atoms with Gasteiger partial charge in [0.2, 0.25) is 0 Å². The van der Waals surface area contributed by atoms with Gasteiger partial charge in [-0.1, -0.05) is 6.42 Å². The number of nitrogens with zero attached hydrogens (tertiary/aromatic N) is 2. The number of pyridine rings is 1. The minimum Gasteiger partial charge on any atom is -0.306 e. The van der Waals surface area contributed by atoms with Crippen molar-refractivity contribution in [3.63, 3.8) is 0 Å². The molecule has 1 aromatic rings. The van der Waals surface area contributed by atoms with Crippen molar-refractivity contribution < 1.29 is 0 Å². The van der Waals surface area contributed by atoms with E-state index < -0.39 is 0 Å². The van der Waals surface area contributed by atoms with E-state index in [1.165, 1.54) is 12.0 Å². The van der Waals surface area contributed by atoms with Crippen LogP contribution in [-0.4, -0.2) is 11.0 Å². The molecule has 1 aromatic heterocycles. The first-order valence-corrected chi connectivity index (χ1v) is 5.87. The molecular formula is C13H17N3. The predicted octanol–water partition coefficient (Wildman–Crippen LogP) is 2.42. The Bertz CT molecular complexity index is 369. The molecule has 0 radical (unpaired) electrons. The molecule has 1 fully saturated rings. The maximum atomic E-state index is 9.02. The molecule has 0 saturated heterocycles. The van der Waals surface area contributed by atoms with Gasteiger partial charge in [-0.2, -0.15) is 5.26 Å². The molecule has 1 N–H and O–H groups in total. The lowest BCUT2D eigenvalue weighted by Gasteiger charge is -2.21. The highest BCUT2D eigenvalue weighted by Gasteiger charge is 2.27. The zero-order chi connectivity index (χ0) is 11.4. The lowest BCUT2D eigenvalue weighted by atomic mass is 10.0. The summed E-state index contributed by atoms with van der Waals surface area (Å²) in [4.78, 5) is 4.01. The van der Waals surface area contributed by atoms with Crippen molar-refractivity contribution in [3.8, 4) is 6.07 Å². The van der Waals surface area contributed by atoms with E-state index in [9.17, 15) is 0 Å². The normalized spacial score (nSPS) is 26.2. The van der Waals surface area contributed by atoms with Gasteiger partial charge in [-0.15, -0.1) is 0 Å². The van der Waals surface area contributed by atoms with Gasteiger partial charge in [-0.3, -0.25) is 4.98 Å². The fourth-order valence-corrected chi connectivity index (χ4v) is 2.38. The van der Waals surface area contributed by atoms with Gasteiger partial charge < -0.3 is 5.32 Å². The number of nitrogens with one attached hydrogen (secondary N) is 1. The van der Waals surface area contributed by atoms with Crippen LogP contribution in [0.15, 0.2) is 24.5 Å². The molecule has 3 nitrogen and oxygen atoms in total. The molecule has 1 saturated carbocycles. The topological polar surface area (TPSA) is 48.7 Å². The summed E-state index contributed by atoms with van der Waals surface area (Å²) >= 11 is 0. The summed E-state index contributed by atoms with van der Waals surface area (Å²) in [7, 11) is 0. The van der Waals surface area contributed by atoms with E-state index in [-0.39, 0.29) is 5.92 Å². The van der Waals surface area contributed by atoms with E-state index in [4.69, 9.17) is 5.26 Å². The molecule has 0 spiro atoms. The Morgan fingerprint density at radius 2 is 2.19 bits per heavy atom. The summed E-state index contributed by atoms with van der Waals surface area (Å²) in [6.07, 6.45) is 6.94. The van der Waals surface area contributed by atoms with Crippen LogP contribution in [-0.2, 0) is 0 Å². The molecule has 16 heavy (non-hydrogen) atoms. The van der Waals surface area contributed by atoms with Crippen LogP contribution in [0.2, 0.25) is 0 Å². The summed E-state index contributed by atoms with van der Waals surface area (Å²) in [6.45, 7) is 2.14. The molecule has 0 aliphatic heterocycles. The molecule has 84 valence electrons. The van der Waals surface area contributed by atoms with Crippen molar-refractivity contribution in [1.82, 2.24) is 10.3 Å². The van der Waals surface area contributed by atoms with Crippen molar-refractivity contribution >= 4 is 0 Å². The Morgan fingerprint density at radius 1 is 1.44 bits per heavy atom. The van der Waals surface area contributed by atoms with E-state index >= 15 is 0 Å². The highest BCUT2D eigenvalue weighted by atomic mass is 15.0. The first-order valence-electron chi connectivity index (χ1n) is 5.87. The fraction of sp³-hybridized carbons (Fsp3) is 0.538. The van der Waals surface area contributed by atoms with Crippen LogP contribution in [0.25, 0.3) is 0 Å². The van der Waals surface area contributed by atoms with Crippen molar-refractivity contribution in [3.05, 3.63) is 30.1 Å². The lowest BCUT2D eigenvalue weighted by molar-refractivity contribution is 0.417. The van der Waals surface area contributed by atoms with Crippen LogP contribution in [0.3, 0.4) is 0 Å². The van der Waals surface area contributed by atoms with Crippen LogP contribution in [0, 0.1) is 17.2 Å². The molecule has 1 aliphatic rings. The molecule has 0 bridgehead atoms. The van der Waals surface area contributed by atoms with Gasteiger partial charge in [-0.05, 0) is 37.5 Å². The first-order chi connectivity index (χ1) is 7.81. The third kappa shape index (κ3) is 2.40. The molecule has 1 aliphatic carbocycles. The molecular weight excluding hydrogens is 198 g/mol. The smallest absolute Gasteiger partial charge is 0.0672 e. The third-order valence-corrected chi connectivity index (χ3v) is 3.35. The summed E-state index contributed by atoms with van der Waals surface area (Å²) in [5, 5.41) is 12.6. The first kappa shape index (κ1) is 11.1. The Kier molecular flexibility index (Phi) is 3.53. The maximum absolute atomic E-state index is 9.02. The summed E-state index contributed by atoms with van der Waals surface area (Å²) in [6, 6.07) is 7.09. The average Bonchev–Trinajstić information content (AvgIpc) is 2.77. The summed E-state index contributed by atoms with van der Waals surface area (Å²) in [5.74, 6) is 0.185. The number of hydrogen-bond donors (Lipinski definition) is 1. The molecule has 3 heteroatoms. The number of rotatable bonds is 3. The molecule has 0 aromatic carbocycles. The maximum Gasteiger partial charge on any atom is 0.0672 e. The van der Waals surface area contributed by atoms with Gasteiger partial charge in [0.05, 0.1) is 12.0 Å². The van der Waals surface area contributed by atoms with E-state index in [2.05, 4.69) is 23.3 Å². The second kappa shape index (κ2) is 5.09. The van der Waals surface area contributed by atoms with E-state index in [0.717, 1.165) is 12.8 Å². The SMILES string of the molecule is CC(NC1CCCC1C#N)c1ccncc1. The highest BCUT2D eigenvalue weighted by molar-refractivity contribution is 5.14. The number of hydrogen-bond acceptors (Lipinski definition) is 3. The molecule has 2 rings (SSSR count). The summed E-state index contributed by atoms with van der Waals surface area (Å²) < 4.78 is 0. The molecule has 0 amide bonds. The standard InChI is InChI=1S/C13H17N3/c1-10(11-5-7-15-8-6-11)16-13-4-2-3-12(13)9-14/h5-8,10,12-13,16H,2-4H2,1H3. The molecule has 1 heterocycles. The zero-order valence-electron chi connectivity index (χ0n) is 9.56. The second-order valence-electron chi connectivity index (χ2n) is 4.44. The van der Waals surface area contributed by atoms with Crippen molar-refractivity contribution in [2.24, 2.45) is 5.92 Å². The molecule has 3 atom stereocenters. The zero-order valence-corrected chi connectivity index (χ0v) is 9.56. The van der Waals surface area contributed by atoms with Crippen LogP contribution in [0.4, 0.5) is 0 Å². The van der Waals surface area contributed by atoms with Gasteiger partial charge in [0.25, 0.3) is 0 Å². The Hall–Kier alpha value is -1.40. The Balaban J connectivity index is 1.98. The monoisotopic (exact) mass is 215 g/mol. The van der Waals surface area contributed by atoms with Gasteiger partial charge in [0.15, 0.2) is 0 Å². The van der Waals surface area contributed by atoms with E-state index in [1.54, 1.807) is 0 Å². The largest absolute Gasteiger partial charge is 0.306 e. The van der Waals surface area contributed by atoms with Gasteiger partial charge >= 0.3 is 0 Å². The van der Waals surface area contributed by atoms with Gasteiger partial charge in [0.1, 0.15) is 0 Å². The predicted molar refractivity (Wildman–Crippen MR) is 62.5 cm³/mol.